The van der Waals surface area contributed by atoms with E-state index in [-0.39, 0.29) is 31.1 Å². The standard InChI is InChI=1S/C26H39BrN2O7/c1-17(18-14-20(27)23(33-6)21(15-18)34-12-7-11-32-5)29(19-8-9-19)24(30)22-16-28(10-13-35-22)25(31)36-26(2,3)4/h14-15,17,19,22H,7-13,16H2,1-6H3/t17?,22-/m1/s1. The summed E-state index contributed by atoms with van der Waals surface area (Å²) in [5, 5.41) is 0. The maximum absolute atomic E-state index is 13.7. The van der Waals surface area contributed by atoms with Gasteiger partial charge in [-0.2, -0.15) is 0 Å². The minimum absolute atomic E-state index is 0.118. The molecule has 1 heterocycles. The molecule has 1 aromatic carbocycles. The lowest BCUT2D eigenvalue weighted by atomic mass is 10.0. The molecule has 2 atom stereocenters. The second-order valence-electron chi connectivity index (χ2n) is 10.2. The van der Waals surface area contributed by atoms with Crippen LogP contribution in [0.15, 0.2) is 16.6 Å². The third-order valence-corrected chi connectivity index (χ3v) is 6.66. The summed E-state index contributed by atoms with van der Waals surface area (Å²) in [6.07, 6.45) is 1.47. The van der Waals surface area contributed by atoms with Gasteiger partial charge in [-0.15, -0.1) is 0 Å². The van der Waals surface area contributed by atoms with Crippen molar-refractivity contribution >= 4 is 27.9 Å². The van der Waals surface area contributed by atoms with E-state index < -0.39 is 17.8 Å². The molecule has 1 aromatic rings. The molecule has 3 rings (SSSR count). The normalized spacial score (nSPS) is 19.0. The van der Waals surface area contributed by atoms with E-state index in [0.717, 1.165) is 29.3 Å². The van der Waals surface area contributed by atoms with Gasteiger partial charge in [0.05, 0.1) is 37.4 Å². The summed E-state index contributed by atoms with van der Waals surface area (Å²) in [4.78, 5) is 29.8. The van der Waals surface area contributed by atoms with Crippen LogP contribution in [0.4, 0.5) is 4.79 Å². The maximum Gasteiger partial charge on any atom is 0.410 e. The fraction of sp³-hybridized carbons (Fsp3) is 0.692. The molecule has 2 fully saturated rings. The van der Waals surface area contributed by atoms with Crippen LogP contribution < -0.4 is 9.47 Å². The van der Waals surface area contributed by atoms with Crippen molar-refractivity contribution in [2.45, 2.75) is 70.7 Å². The predicted molar refractivity (Wildman–Crippen MR) is 139 cm³/mol. The molecule has 0 N–H and O–H groups in total. The number of rotatable bonds is 10. The van der Waals surface area contributed by atoms with E-state index in [4.69, 9.17) is 23.7 Å². The van der Waals surface area contributed by atoms with Crippen molar-refractivity contribution in [1.82, 2.24) is 9.80 Å². The number of benzene rings is 1. The van der Waals surface area contributed by atoms with Crippen molar-refractivity contribution in [1.29, 1.82) is 0 Å². The quantitative estimate of drug-likeness (QED) is 0.381. The van der Waals surface area contributed by atoms with Crippen LogP contribution >= 0.6 is 15.9 Å². The molecule has 1 saturated carbocycles. The van der Waals surface area contributed by atoms with Gasteiger partial charge < -0.3 is 33.5 Å². The minimum atomic E-state index is -0.735. The summed E-state index contributed by atoms with van der Waals surface area (Å²) in [6.45, 7) is 9.43. The Morgan fingerprint density at radius 1 is 1.22 bits per heavy atom. The van der Waals surface area contributed by atoms with Gasteiger partial charge >= 0.3 is 6.09 Å². The van der Waals surface area contributed by atoms with Crippen molar-refractivity contribution < 1.29 is 33.3 Å². The van der Waals surface area contributed by atoms with Crippen LogP contribution in [-0.2, 0) is 19.0 Å². The molecule has 0 radical (unpaired) electrons. The number of nitrogens with zero attached hydrogens (tertiary/aromatic N) is 2. The first-order valence-corrected chi connectivity index (χ1v) is 13.3. The van der Waals surface area contributed by atoms with Crippen LogP contribution in [0, 0.1) is 0 Å². The number of ether oxygens (including phenoxy) is 5. The SMILES string of the molecule is COCCCOc1cc(C(C)N(C(=O)[C@H]2CN(C(=O)OC(C)(C)C)CCO2)C2CC2)cc(Br)c1OC. The van der Waals surface area contributed by atoms with Gasteiger partial charge in [0, 0.05) is 32.7 Å². The van der Waals surface area contributed by atoms with Gasteiger partial charge in [0.25, 0.3) is 5.91 Å². The van der Waals surface area contributed by atoms with E-state index in [1.165, 1.54) is 0 Å². The summed E-state index contributed by atoms with van der Waals surface area (Å²) in [7, 11) is 3.26. The average Bonchev–Trinajstić information content (AvgIpc) is 3.65. The number of halogens is 1. The molecular formula is C26H39BrN2O7. The number of hydrogen-bond donors (Lipinski definition) is 0. The van der Waals surface area contributed by atoms with Crippen molar-refractivity contribution in [3.63, 3.8) is 0 Å². The van der Waals surface area contributed by atoms with Crippen molar-refractivity contribution in [2.24, 2.45) is 0 Å². The smallest absolute Gasteiger partial charge is 0.410 e. The van der Waals surface area contributed by atoms with Crippen molar-refractivity contribution in [3.8, 4) is 11.5 Å². The third-order valence-electron chi connectivity index (χ3n) is 6.07. The highest BCUT2D eigenvalue weighted by Crippen LogP contribution is 2.42. The first-order valence-electron chi connectivity index (χ1n) is 12.5. The second-order valence-corrected chi connectivity index (χ2v) is 11.0. The molecular weight excluding hydrogens is 532 g/mol. The van der Waals surface area contributed by atoms with Gasteiger partial charge in [0.2, 0.25) is 0 Å². The molecule has 0 aromatic heterocycles. The van der Waals surface area contributed by atoms with Crippen LogP contribution in [0.2, 0.25) is 0 Å². The number of hydrogen-bond acceptors (Lipinski definition) is 7. The van der Waals surface area contributed by atoms with Gasteiger partial charge in [-0.25, -0.2) is 4.79 Å². The third kappa shape index (κ3) is 7.49. The van der Waals surface area contributed by atoms with E-state index in [1.807, 2.05) is 44.7 Å². The topological polar surface area (TPSA) is 86.8 Å². The largest absolute Gasteiger partial charge is 0.492 e. The highest BCUT2D eigenvalue weighted by molar-refractivity contribution is 9.10. The van der Waals surface area contributed by atoms with Gasteiger partial charge in [-0.3, -0.25) is 4.79 Å². The number of carbonyl (C=O) groups is 2. The summed E-state index contributed by atoms with van der Waals surface area (Å²) >= 11 is 3.60. The second kappa shape index (κ2) is 12.5. The van der Waals surface area contributed by atoms with Crippen LogP contribution in [-0.4, -0.2) is 86.7 Å². The Balaban J connectivity index is 1.78. The van der Waals surface area contributed by atoms with E-state index in [9.17, 15) is 9.59 Å². The highest BCUT2D eigenvalue weighted by atomic mass is 79.9. The average molecular weight is 572 g/mol. The van der Waals surface area contributed by atoms with Crippen molar-refractivity contribution in [2.75, 3.05) is 47.1 Å². The summed E-state index contributed by atoms with van der Waals surface area (Å²) in [5.74, 6) is 1.10. The zero-order valence-corrected chi connectivity index (χ0v) is 23.8. The molecule has 2 aliphatic rings. The summed E-state index contributed by atoms with van der Waals surface area (Å²) in [6, 6.07) is 3.80. The molecule has 1 unspecified atom stereocenters. The van der Waals surface area contributed by atoms with E-state index in [1.54, 1.807) is 19.1 Å². The molecule has 1 aliphatic heterocycles. The molecule has 1 saturated heterocycles. The van der Waals surface area contributed by atoms with Crippen LogP contribution in [0.5, 0.6) is 11.5 Å². The molecule has 2 amide bonds. The highest BCUT2D eigenvalue weighted by Gasteiger charge is 2.42. The molecule has 9 nitrogen and oxygen atoms in total. The number of carbonyl (C=O) groups excluding carboxylic acids is 2. The maximum atomic E-state index is 13.7. The molecule has 10 heteroatoms. The van der Waals surface area contributed by atoms with Gasteiger partial charge in [0.15, 0.2) is 17.6 Å². The van der Waals surface area contributed by atoms with Gasteiger partial charge in [-0.05, 0) is 74.2 Å². The summed E-state index contributed by atoms with van der Waals surface area (Å²) < 4.78 is 28.8. The molecule has 0 spiro atoms. The van der Waals surface area contributed by atoms with Crippen molar-refractivity contribution in [3.05, 3.63) is 22.2 Å². The lowest BCUT2D eigenvalue weighted by Crippen LogP contribution is -2.54. The molecule has 36 heavy (non-hydrogen) atoms. The van der Waals surface area contributed by atoms with Crippen LogP contribution in [0.25, 0.3) is 0 Å². The molecule has 1 aliphatic carbocycles. The minimum Gasteiger partial charge on any atom is -0.492 e. The molecule has 0 bridgehead atoms. The van der Waals surface area contributed by atoms with Gasteiger partial charge in [-0.1, -0.05) is 0 Å². The fourth-order valence-electron chi connectivity index (χ4n) is 4.18. The zero-order chi connectivity index (χ0) is 26.5. The lowest BCUT2D eigenvalue weighted by molar-refractivity contribution is -0.151. The van der Waals surface area contributed by atoms with E-state index >= 15 is 0 Å². The Kier molecular flexibility index (Phi) is 9.88. The van der Waals surface area contributed by atoms with E-state index in [0.29, 0.717) is 31.3 Å². The number of morpholine rings is 1. The Bertz CT molecular complexity index is 916. The molecule has 202 valence electrons. The Morgan fingerprint density at radius 3 is 2.56 bits per heavy atom. The monoisotopic (exact) mass is 570 g/mol. The summed E-state index contributed by atoms with van der Waals surface area (Å²) in [5.41, 5.74) is 0.318. The Hall–Kier alpha value is -2.04. The van der Waals surface area contributed by atoms with Gasteiger partial charge in [0.1, 0.15) is 5.60 Å². The first kappa shape index (κ1) is 28.5. The lowest BCUT2D eigenvalue weighted by Gasteiger charge is -2.38. The fourth-order valence-corrected chi connectivity index (χ4v) is 4.80. The van der Waals surface area contributed by atoms with E-state index in [2.05, 4.69) is 15.9 Å². The first-order chi connectivity index (χ1) is 17.1. The number of methoxy groups -OCH3 is 2. The number of amides is 2. The Morgan fingerprint density at radius 2 is 1.94 bits per heavy atom. The van der Waals surface area contributed by atoms with Crippen LogP contribution in [0.3, 0.4) is 0 Å². The Labute approximate surface area is 222 Å². The zero-order valence-electron chi connectivity index (χ0n) is 22.2. The van der Waals surface area contributed by atoms with Crippen LogP contribution in [0.1, 0.15) is 58.6 Å². The predicted octanol–water partition coefficient (Wildman–Crippen LogP) is 4.56.